The van der Waals surface area contributed by atoms with Gasteiger partial charge in [-0.05, 0) is 58.6 Å². The summed E-state index contributed by atoms with van der Waals surface area (Å²) >= 11 is 0. The number of halogens is 3. The highest BCUT2D eigenvalue weighted by Crippen LogP contribution is 2.41. The molecule has 4 rings (SSSR count). The fourth-order valence-electron chi connectivity index (χ4n) is 3.70. The molecule has 0 unspecified atom stereocenters. The number of ether oxygens (including phenoxy) is 3. The van der Waals surface area contributed by atoms with Gasteiger partial charge >= 0.3 is 12.1 Å². The van der Waals surface area contributed by atoms with Gasteiger partial charge in [-0.25, -0.2) is 14.8 Å². The highest BCUT2D eigenvalue weighted by Gasteiger charge is 2.39. The van der Waals surface area contributed by atoms with Crippen LogP contribution in [-0.4, -0.2) is 47.0 Å². The molecule has 1 N–H and O–H groups in total. The van der Waals surface area contributed by atoms with Gasteiger partial charge in [0.05, 0.1) is 30.8 Å². The summed E-state index contributed by atoms with van der Waals surface area (Å²) < 4.78 is 56.7. The Morgan fingerprint density at radius 3 is 2.58 bits per heavy atom. The van der Waals surface area contributed by atoms with Crippen molar-refractivity contribution >= 4 is 23.0 Å². The van der Waals surface area contributed by atoms with Crippen LogP contribution in [-0.2, 0) is 9.47 Å². The number of hydrogen-bond acceptors (Lipinski definition) is 7. The Bertz CT molecular complexity index is 1150. The van der Waals surface area contributed by atoms with Crippen LogP contribution in [0.15, 0.2) is 30.5 Å². The average Bonchev–Trinajstić information content (AvgIpc) is 3.64. The SMILES string of the molecule is C[C@H](Oc1c(Nc2ncc(C3CC3)nc2C(=O)OC(C)(C)C)cccc1C1=CCOCC1)C(F)(F)F. The van der Waals surface area contributed by atoms with Crippen LogP contribution in [0, 0.1) is 0 Å². The smallest absolute Gasteiger partial charge is 0.425 e. The first-order chi connectivity index (χ1) is 16.9. The lowest BCUT2D eigenvalue weighted by Gasteiger charge is -2.25. The van der Waals surface area contributed by atoms with E-state index < -0.39 is 23.9 Å². The van der Waals surface area contributed by atoms with Crippen molar-refractivity contribution < 1.29 is 32.2 Å². The number of anilines is 2. The largest absolute Gasteiger partial charge is 0.478 e. The molecule has 1 atom stereocenters. The molecule has 7 nitrogen and oxygen atoms in total. The van der Waals surface area contributed by atoms with Crippen molar-refractivity contribution in [2.45, 2.75) is 70.8 Å². The number of benzene rings is 1. The first kappa shape index (κ1) is 25.9. The van der Waals surface area contributed by atoms with Crippen molar-refractivity contribution in [2.75, 3.05) is 18.5 Å². The van der Waals surface area contributed by atoms with Crippen molar-refractivity contribution in [1.29, 1.82) is 0 Å². The lowest BCUT2D eigenvalue weighted by atomic mass is 9.99. The van der Waals surface area contributed by atoms with Gasteiger partial charge in [-0.2, -0.15) is 13.2 Å². The lowest BCUT2D eigenvalue weighted by Crippen LogP contribution is -2.31. The van der Waals surface area contributed by atoms with E-state index in [1.54, 1.807) is 45.2 Å². The summed E-state index contributed by atoms with van der Waals surface area (Å²) in [6.45, 7) is 6.99. The monoisotopic (exact) mass is 505 g/mol. The predicted octanol–water partition coefficient (Wildman–Crippen LogP) is 6.19. The summed E-state index contributed by atoms with van der Waals surface area (Å²) in [5.74, 6) is -0.340. The van der Waals surface area contributed by atoms with Gasteiger partial charge in [-0.1, -0.05) is 18.2 Å². The van der Waals surface area contributed by atoms with E-state index in [-0.39, 0.29) is 28.9 Å². The van der Waals surface area contributed by atoms with E-state index in [4.69, 9.17) is 14.2 Å². The topological polar surface area (TPSA) is 82.6 Å². The second-order valence-electron chi connectivity index (χ2n) is 9.93. The van der Waals surface area contributed by atoms with Gasteiger partial charge in [0.1, 0.15) is 5.60 Å². The number of carbonyl (C=O) groups is 1. The minimum atomic E-state index is -4.57. The van der Waals surface area contributed by atoms with Crippen LogP contribution in [0.2, 0.25) is 0 Å². The van der Waals surface area contributed by atoms with Gasteiger partial charge in [0.25, 0.3) is 0 Å². The summed E-state index contributed by atoms with van der Waals surface area (Å²) in [4.78, 5) is 21.9. The predicted molar refractivity (Wildman–Crippen MR) is 128 cm³/mol. The Balaban J connectivity index is 1.76. The van der Waals surface area contributed by atoms with Crippen LogP contribution in [0.3, 0.4) is 0 Å². The zero-order chi connectivity index (χ0) is 26.1. The van der Waals surface area contributed by atoms with Crippen molar-refractivity contribution in [3.63, 3.8) is 0 Å². The Hall–Kier alpha value is -3.14. The van der Waals surface area contributed by atoms with Gasteiger partial charge in [-0.3, -0.25) is 0 Å². The van der Waals surface area contributed by atoms with Crippen LogP contribution in [0.1, 0.15) is 74.6 Å². The second kappa shape index (κ2) is 10.1. The maximum atomic E-state index is 13.5. The molecule has 10 heteroatoms. The standard InChI is InChI=1S/C26H30F3N3O4/c1-15(26(27,28)29)35-22-18(16-10-12-34-13-11-16)6-5-7-19(22)32-23-21(24(33)36-25(2,3)4)31-20(14-30-23)17-8-9-17/h5-7,10,14-15,17H,8-9,11-13H2,1-4H3,(H,30,32)/t15-/m0/s1. The minimum Gasteiger partial charge on any atom is -0.478 e. The molecule has 1 aliphatic heterocycles. The van der Waals surface area contributed by atoms with E-state index in [1.165, 1.54) is 0 Å². The molecule has 1 aliphatic carbocycles. The number of carbonyl (C=O) groups excluding carboxylic acids is 1. The molecular weight excluding hydrogens is 475 g/mol. The maximum Gasteiger partial charge on any atom is 0.425 e. The van der Waals surface area contributed by atoms with Crippen molar-refractivity contribution in [2.24, 2.45) is 0 Å². The Morgan fingerprint density at radius 1 is 1.22 bits per heavy atom. The molecule has 1 fully saturated rings. The van der Waals surface area contributed by atoms with Gasteiger partial charge in [0.2, 0.25) is 0 Å². The molecule has 0 saturated heterocycles. The molecule has 1 aromatic carbocycles. The third-order valence-electron chi connectivity index (χ3n) is 5.71. The summed E-state index contributed by atoms with van der Waals surface area (Å²) in [5.41, 5.74) is 1.45. The van der Waals surface area contributed by atoms with Crippen molar-refractivity contribution in [3.05, 3.63) is 47.4 Å². The number of hydrogen-bond donors (Lipinski definition) is 1. The third-order valence-corrected chi connectivity index (χ3v) is 5.71. The summed E-state index contributed by atoms with van der Waals surface area (Å²) in [6.07, 6.45) is -0.774. The van der Waals surface area contributed by atoms with E-state index >= 15 is 0 Å². The third kappa shape index (κ3) is 6.34. The summed E-state index contributed by atoms with van der Waals surface area (Å²) in [7, 11) is 0. The van der Waals surface area contributed by atoms with E-state index in [0.717, 1.165) is 25.3 Å². The zero-order valence-corrected chi connectivity index (χ0v) is 20.7. The Labute approximate surface area is 208 Å². The Kier molecular flexibility index (Phi) is 7.26. The fourth-order valence-corrected chi connectivity index (χ4v) is 3.70. The molecule has 0 amide bonds. The molecule has 194 valence electrons. The second-order valence-corrected chi connectivity index (χ2v) is 9.93. The van der Waals surface area contributed by atoms with E-state index in [9.17, 15) is 18.0 Å². The number of aromatic nitrogens is 2. The summed E-state index contributed by atoms with van der Waals surface area (Å²) in [5, 5.41) is 3.01. The van der Waals surface area contributed by atoms with Crippen LogP contribution >= 0.6 is 0 Å². The number of para-hydroxylation sites is 1. The van der Waals surface area contributed by atoms with Crippen molar-refractivity contribution in [1.82, 2.24) is 9.97 Å². The number of nitrogens with zero attached hydrogens (tertiary/aromatic N) is 2. The fraction of sp³-hybridized carbons (Fsp3) is 0.500. The number of nitrogens with one attached hydrogen (secondary N) is 1. The molecule has 0 spiro atoms. The van der Waals surface area contributed by atoms with E-state index in [0.29, 0.717) is 30.9 Å². The van der Waals surface area contributed by atoms with E-state index in [2.05, 4.69) is 15.3 Å². The van der Waals surface area contributed by atoms with Crippen LogP contribution in [0.5, 0.6) is 5.75 Å². The number of esters is 1. The number of alkyl halides is 3. The van der Waals surface area contributed by atoms with Crippen LogP contribution in [0.25, 0.3) is 5.57 Å². The molecule has 2 heterocycles. The first-order valence-corrected chi connectivity index (χ1v) is 11.9. The highest BCUT2D eigenvalue weighted by molar-refractivity contribution is 5.94. The zero-order valence-electron chi connectivity index (χ0n) is 20.7. The molecule has 0 radical (unpaired) electrons. The minimum absolute atomic E-state index is 0.0127. The Morgan fingerprint density at radius 2 is 1.97 bits per heavy atom. The van der Waals surface area contributed by atoms with Crippen LogP contribution in [0.4, 0.5) is 24.7 Å². The lowest BCUT2D eigenvalue weighted by molar-refractivity contribution is -0.189. The molecular formula is C26H30F3N3O4. The molecule has 36 heavy (non-hydrogen) atoms. The first-order valence-electron chi connectivity index (χ1n) is 11.9. The highest BCUT2D eigenvalue weighted by atomic mass is 19.4. The van der Waals surface area contributed by atoms with Gasteiger partial charge in [0.15, 0.2) is 23.4 Å². The van der Waals surface area contributed by atoms with Crippen LogP contribution < -0.4 is 10.1 Å². The quantitative estimate of drug-likeness (QED) is 0.450. The molecule has 1 saturated carbocycles. The van der Waals surface area contributed by atoms with E-state index in [1.807, 2.05) is 6.08 Å². The number of rotatable bonds is 7. The van der Waals surface area contributed by atoms with Gasteiger partial charge in [0, 0.05) is 11.5 Å². The normalized spacial score (nSPS) is 17.2. The van der Waals surface area contributed by atoms with Gasteiger partial charge in [-0.15, -0.1) is 0 Å². The molecule has 2 aromatic rings. The summed E-state index contributed by atoms with van der Waals surface area (Å²) in [6, 6.07) is 4.99. The van der Waals surface area contributed by atoms with Crippen molar-refractivity contribution in [3.8, 4) is 5.75 Å². The molecule has 0 bridgehead atoms. The maximum absolute atomic E-state index is 13.5. The molecule has 1 aromatic heterocycles. The average molecular weight is 506 g/mol. The molecule has 2 aliphatic rings. The van der Waals surface area contributed by atoms with Gasteiger partial charge < -0.3 is 19.5 Å².